The predicted octanol–water partition coefficient (Wildman–Crippen LogP) is 0.551. The van der Waals surface area contributed by atoms with Crippen LogP contribution in [0, 0.1) is 0 Å². The molecule has 0 heterocycles. The van der Waals surface area contributed by atoms with Crippen LogP contribution in [-0.2, 0) is 35.8 Å². The Morgan fingerprint density at radius 2 is 1.86 bits per heavy atom. The molecule has 0 spiro atoms. The summed E-state index contributed by atoms with van der Waals surface area (Å²) in [7, 11) is -1.98. The molecule has 7 heteroatoms. The van der Waals surface area contributed by atoms with Gasteiger partial charge in [0, 0.05) is 21.2 Å². The zero-order chi connectivity index (χ0) is 6.08. The Balaban J connectivity index is 4.43. The van der Waals surface area contributed by atoms with Crippen LogP contribution in [0.25, 0.3) is 0 Å². The van der Waals surface area contributed by atoms with E-state index in [0.29, 0.717) is 0 Å². The lowest BCUT2D eigenvalue weighted by Crippen LogP contribution is -1.91. The second kappa shape index (κ2) is 2.97. The van der Waals surface area contributed by atoms with Gasteiger partial charge >= 0.3 is 0 Å². The summed E-state index contributed by atoms with van der Waals surface area (Å²) in [5.74, 6) is 0. The third-order valence-electron chi connectivity index (χ3n) is 0.170. The minimum absolute atomic E-state index is 1.63. The average Bonchev–Trinajstić information content (AvgIpc) is 1.31. The van der Waals surface area contributed by atoms with E-state index in [-0.39, 0.29) is 0 Å². The van der Waals surface area contributed by atoms with Crippen LogP contribution < -0.4 is 0 Å². The van der Waals surface area contributed by atoms with E-state index in [1.54, 1.807) is 21.2 Å². The maximum atomic E-state index is 9.95. The molecule has 7 heavy (non-hydrogen) atoms. The van der Waals surface area contributed by atoms with E-state index in [4.69, 9.17) is 4.55 Å². The second-order valence-corrected chi connectivity index (χ2v) is 18.4. The highest BCUT2D eigenvalue weighted by Gasteiger charge is 1.99. The summed E-state index contributed by atoms with van der Waals surface area (Å²) in [6, 6.07) is 0. The van der Waals surface area contributed by atoms with Gasteiger partial charge in [0.2, 0.25) is 10.1 Å². The Morgan fingerprint density at radius 3 is 1.86 bits per heavy atom. The Labute approximate surface area is 65.1 Å². The van der Waals surface area contributed by atoms with Crippen molar-refractivity contribution >= 4 is 57.0 Å². The molecule has 0 aromatic heterocycles. The molecule has 1 unspecified atom stereocenters. The van der Waals surface area contributed by atoms with Crippen LogP contribution >= 0.6 is 21.2 Å². The van der Waals surface area contributed by atoms with E-state index in [1.165, 1.54) is 0 Å². The first-order chi connectivity index (χ1) is 2.94. The smallest absolute Gasteiger partial charge is 0.233 e. The molecule has 44 valence electrons. The number of rotatable bonds is 1. The summed E-state index contributed by atoms with van der Waals surface area (Å²) in [5, 5.41) is 0. The van der Waals surface area contributed by atoms with Crippen molar-refractivity contribution in [2.45, 2.75) is 0 Å². The van der Waals surface area contributed by atoms with Gasteiger partial charge in [-0.15, -0.1) is 0 Å². The Kier molecular flexibility index (Phi) is 3.66. The van der Waals surface area contributed by atoms with Gasteiger partial charge in [-0.05, 0) is 22.4 Å². The monoisotopic (exact) mass is 288 g/mol. The molecule has 0 amide bonds. The summed E-state index contributed by atoms with van der Waals surface area (Å²) in [6.45, 7) is 0. The molecule has 0 fully saturated rings. The molecule has 0 aliphatic heterocycles. The van der Waals surface area contributed by atoms with E-state index >= 15 is 0 Å². The fourth-order valence-electron chi connectivity index (χ4n) is 0. The molecule has 1 atom stereocenters. The van der Waals surface area contributed by atoms with Crippen LogP contribution in [0.4, 0.5) is 0 Å². The third-order valence-corrected chi connectivity index (χ3v) is 6.40. The quantitative estimate of drug-likeness (QED) is 0.331. The molecule has 0 aromatic carbocycles. The lowest BCUT2D eigenvalue weighted by molar-refractivity contribution is 0.581. The van der Waals surface area contributed by atoms with Crippen LogP contribution in [0.5, 0.6) is 0 Å². The highest BCUT2D eigenvalue weighted by atomic mass is 127. The SMILES string of the molecule is O=S(O)S(=S)(=S)I. The number of hydrogen-bond acceptors (Lipinski definition) is 3. The van der Waals surface area contributed by atoms with Gasteiger partial charge in [-0.1, -0.05) is 0 Å². The highest BCUT2D eigenvalue weighted by molar-refractivity contribution is 14.2. The lowest BCUT2D eigenvalue weighted by atomic mass is 15.9. The van der Waals surface area contributed by atoms with Crippen LogP contribution in [0.15, 0.2) is 0 Å². The van der Waals surface area contributed by atoms with Crippen molar-refractivity contribution in [1.82, 2.24) is 0 Å². The molecule has 0 radical (unpaired) electrons. The van der Waals surface area contributed by atoms with E-state index < -0.39 is 13.5 Å². The van der Waals surface area contributed by atoms with Crippen molar-refractivity contribution < 1.29 is 8.76 Å². The van der Waals surface area contributed by atoms with Crippen molar-refractivity contribution in [2.75, 3.05) is 0 Å². The topological polar surface area (TPSA) is 37.3 Å². The van der Waals surface area contributed by atoms with E-state index in [1.807, 2.05) is 0 Å². The summed E-state index contributed by atoms with van der Waals surface area (Å²) in [6.07, 6.45) is 0. The predicted molar refractivity (Wildman–Crippen MR) is 46.9 cm³/mol. The number of halogens is 1. The fourth-order valence-corrected chi connectivity index (χ4v) is 0. The first-order valence-electron chi connectivity index (χ1n) is 1.00. The van der Waals surface area contributed by atoms with Crippen molar-refractivity contribution in [3.8, 4) is 0 Å². The maximum absolute atomic E-state index is 9.95. The largest absolute Gasteiger partial charge is 0.297 e. The minimum atomic E-state index is -2.08. The lowest BCUT2D eigenvalue weighted by Gasteiger charge is -1.86. The van der Waals surface area contributed by atoms with Gasteiger partial charge in [0.15, 0.2) is 0 Å². The molecule has 0 aromatic rings. The number of hydrogen-bond donors (Lipinski definition) is 1. The Morgan fingerprint density at radius 1 is 1.71 bits per heavy atom. The van der Waals surface area contributed by atoms with Crippen LogP contribution in [0.1, 0.15) is 0 Å². The van der Waals surface area contributed by atoms with Gasteiger partial charge in [0.1, 0.15) is 0 Å². The summed E-state index contributed by atoms with van der Waals surface area (Å²) in [5.41, 5.74) is 0. The normalized spacial score (nSPS) is 16.3. The molecule has 1 N–H and O–H groups in total. The summed E-state index contributed by atoms with van der Waals surface area (Å²) >= 11 is 10.5. The first-order valence-corrected chi connectivity index (χ1v) is 8.65. The molecule has 0 saturated carbocycles. The van der Waals surface area contributed by atoms with Crippen molar-refractivity contribution in [1.29, 1.82) is 0 Å². The molecule has 2 nitrogen and oxygen atoms in total. The summed E-state index contributed by atoms with van der Waals surface area (Å²) < 4.78 is 16.1. The summed E-state index contributed by atoms with van der Waals surface area (Å²) in [4.78, 5) is 0. The molecule has 0 aliphatic rings. The van der Waals surface area contributed by atoms with Crippen molar-refractivity contribution in [3.05, 3.63) is 0 Å². The van der Waals surface area contributed by atoms with Gasteiger partial charge in [-0.3, -0.25) is 4.55 Å². The Bertz CT molecular complexity index is 164. The fraction of sp³-hybridized carbons (Fsp3) is 0. The minimum Gasteiger partial charge on any atom is -0.297 e. The molecular weight excluding hydrogens is 287 g/mol. The average molecular weight is 288 g/mol. The van der Waals surface area contributed by atoms with Crippen molar-refractivity contribution in [2.24, 2.45) is 0 Å². The molecule has 0 aliphatic carbocycles. The van der Waals surface area contributed by atoms with Gasteiger partial charge in [-0.2, -0.15) is 0 Å². The van der Waals surface area contributed by atoms with Crippen molar-refractivity contribution in [3.63, 3.8) is 0 Å². The molecule has 0 rings (SSSR count). The third kappa shape index (κ3) is 4.15. The van der Waals surface area contributed by atoms with Gasteiger partial charge in [-0.25, -0.2) is 4.21 Å². The van der Waals surface area contributed by atoms with E-state index in [9.17, 15) is 4.21 Å². The van der Waals surface area contributed by atoms with Crippen LogP contribution in [0.3, 0.4) is 0 Å². The van der Waals surface area contributed by atoms with Gasteiger partial charge in [0.25, 0.3) is 0 Å². The van der Waals surface area contributed by atoms with Gasteiger partial charge in [0.05, 0.1) is 3.35 Å². The zero-order valence-corrected chi connectivity index (χ0v) is 8.29. The molecule has 0 saturated heterocycles. The van der Waals surface area contributed by atoms with Gasteiger partial charge < -0.3 is 0 Å². The van der Waals surface area contributed by atoms with Crippen LogP contribution in [-0.4, -0.2) is 8.76 Å². The van der Waals surface area contributed by atoms with E-state index in [0.717, 1.165) is 0 Å². The maximum Gasteiger partial charge on any atom is 0.233 e. The molecule has 0 bridgehead atoms. The highest BCUT2D eigenvalue weighted by Crippen LogP contribution is 2.05. The second-order valence-electron chi connectivity index (χ2n) is 0.610. The Hall–Kier alpha value is 1.63. The molecular formula is HIO2S4. The van der Waals surface area contributed by atoms with Crippen LogP contribution in [0.2, 0.25) is 0 Å². The van der Waals surface area contributed by atoms with E-state index in [2.05, 4.69) is 22.4 Å². The standard InChI is InChI=1S/HIO2S4/c1-7(4,5)6(2)3/h(H,2,3). The zero-order valence-electron chi connectivity index (χ0n) is 2.87. The first kappa shape index (κ1) is 8.63.